The Hall–Kier alpha value is -1.25. The van der Waals surface area contributed by atoms with Crippen molar-refractivity contribution in [1.29, 1.82) is 0 Å². The Morgan fingerprint density at radius 2 is 2.21 bits per heavy atom. The molecular weight excluding hydrogens is 279 g/mol. The Labute approximate surface area is 107 Å². The number of nitrogens with zero attached hydrogens (tertiary/aromatic N) is 1. The van der Waals surface area contributed by atoms with Gasteiger partial charge in [-0.15, -0.1) is 0 Å². The summed E-state index contributed by atoms with van der Waals surface area (Å²) < 4.78 is 22.2. The average Bonchev–Trinajstić information content (AvgIpc) is 2.73. The predicted octanol–water partition coefficient (Wildman–Crippen LogP) is -1.37. The lowest BCUT2D eigenvalue weighted by molar-refractivity contribution is 0.0463. The number of aromatic nitrogens is 2. The van der Waals surface area contributed by atoms with Gasteiger partial charge in [-0.2, -0.15) is 0 Å². The van der Waals surface area contributed by atoms with Crippen molar-refractivity contribution in [1.82, 2.24) is 9.55 Å². The molecule has 0 radical (unpaired) electrons. The SMILES string of the molecule is O=c1ccn([C@@H]2COCC2OCP(=O)(O)O)c(=O)[nH]1. The molecule has 0 amide bonds. The van der Waals surface area contributed by atoms with Crippen LogP contribution in [-0.4, -0.2) is 45.0 Å². The smallest absolute Gasteiger partial charge is 0.350 e. The summed E-state index contributed by atoms with van der Waals surface area (Å²) in [5.74, 6) is 0. The first-order valence-electron chi connectivity index (χ1n) is 5.42. The van der Waals surface area contributed by atoms with Gasteiger partial charge in [0.15, 0.2) is 0 Å². The first kappa shape index (κ1) is 14.2. The zero-order valence-electron chi connectivity index (χ0n) is 9.76. The van der Waals surface area contributed by atoms with E-state index < -0.39 is 37.3 Å². The van der Waals surface area contributed by atoms with Crippen molar-refractivity contribution < 1.29 is 23.8 Å². The van der Waals surface area contributed by atoms with Crippen molar-refractivity contribution in [3.05, 3.63) is 33.1 Å². The van der Waals surface area contributed by atoms with Crippen LogP contribution in [0.4, 0.5) is 0 Å². The summed E-state index contributed by atoms with van der Waals surface area (Å²) in [6.07, 6.45) is -0.0968. The Bertz CT molecular complexity index is 603. The molecule has 0 saturated carbocycles. The van der Waals surface area contributed by atoms with Crippen LogP contribution in [-0.2, 0) is 14.0 Å². The molecular formula is C9H13N2O7P. The molecule has 0 aromatic carbocycles. The summed E-state index contributed by atoms with van der Waals surface area (Å²) in [5.41, 5.74) is -1.14. The van der Waals surface area contributed by atoms with Gasteiger partial charge < -0.3 is 19.3 Å². The van der Waals surface area contributed by atoms with Crippen LogP contribution >= 0.6 is 7.60 Å². The number of nitrogens with one attached hydrogen (secondary N) is 1. The molecule has 10 heteroatoms. The second-order valence-corrected chi connectivity index (χ2v) is 5.71. The molecule has 1 aromatic rings. The van der Waals surface area contributed by atoms with Crippen LogP contribution in [0, 0.1) is 0 Å². The molecule has 0 aliphatic carbocycles. The molecule has 1 fully saturated rings. The molecule has 2 rings (SSSR count). The lowest BCUT2D eigenvalue weighted by atomic mass is 10.2. The number of aromatic amines is 1. The lowest BCUT2D eigenvalue weighted by Crippen LogP contribution is -2.36. The van der Waals surface area contributed by atoms with Gasteiger partial charge in [-0.3, -0.25) is 18.9 Å². The Balaban J connectivity index is 2.16. The quantitative estimate of drug-likeness (QED) is 0.583. The second-order valence-electron chi connectivity index (χ2n) is 4.12. The zero-order chi connectivity index (χ0) is 14.0. The highest BCUT2D eigenvalue weighted by Crippen LogP contribution is 2.36. The van der Waals surface area contributed by atoms with Crippen molar-refractivity contribution in [2.45, 2.75) is 12.1 Å². The molecule has 0 bridgehead atoms. The number of hydrogen-bond donors (Lipinski definition) is 3. The van der Waals surface area contributed by atoms with Crippen molar-refractivity contribution in [2.24, 2.45) is 0 Å². The van der Waals surface area contributed by atoms with E-state index in [0.29, 0.717) is 0 Å². The molecule has 1 saturated heterocycles. The number of rotatable bonds is 4. The summed E-state index contributed by atoms with van der Waals surface area (Å²) in [5, 5.41) is 0. The van der Waals surface area contributed by atoms with Crippen LogP contribution in [0.15, 0.2) is 21.9 Å². The molecule has 2 heterocycles. The molecule has 9 nitrogen and oxygen atoms in total. The van der Waals surface area contributed by atoms with Crippen LogP contribution < -0.4 is 11.2 Å². The number of hydrogen-bond acceptors (Lipinski definition) is 5. The van der Waals surface area contributed by atoms with Gasteiger partial charge in [0.1, 0.15) is 12.5 Å². The van der Waals surface area contributed by atoms with Crippen LogP contribution in [0.3, 0.4) is 0 Å². The van der Waals surface area contributed by atoms with E-state index in [2.05, 4.69) is 4.98 Å². The molecule has 3 N–H and O–H groups in total. The molecule has 1 aromatic heterocycles. The van der Waals surface area contributed by atoms with E-state index in [0.717, 1.165) is 0 Å². The highest BCUT2D eigenvalue weighted by molar-refractivity contribution is 7.51. The minimum absolute atomic E-state index is 0.121. The van der Waals surface area contributed by atoms with E-state index in [9.17, 15) is 14.2 Å². The predicted molar refractivity (Wildman–Crippen MR) is 63.0 cm³/mol. The van der Waals surface area contributed by atoms with E-state index in [1.54, 1.807) is 0 Å². The molecule has 1 aliphatic rings. The third kappa shape index (κ3) is 3.62. The maximum absolute atomic E-state index is 11.6. The van der Waals surface area contributed by atoms with Gasteiger partial charge in [-0.05, 0) is 0 Å². The average molecular weight is 292 g/mol. The third-order valence-electron chi connectivity index (χ3n) is 2.67. The first-order valence-corrected chi connectivity index (χ1v) is 7.22. The van der Waals surface area contributed by atoms with E-state index in [1.165, 1.54) is 16.8 Å². The minimum Gasteiger partial charge on any atom is -0.376 e. The van der Waals surface area contributed by atoms with E-state index in [1.807, 2.05) is 0 Å². The first-order chi connectivity index (χ1) is 8.87. The highest BCUT2D eigenvalue weighted by Gasteiger charge is 2.33. The molecule has 1 unspecified atom stereocenters. The van der Waals surface area contributed by atoms with Gasteiger partial charge in [0.2, 0.25) is 0 Å². The molecule has 106 valence electrons. The lowest BCUT2D eigenvalue weighted by Gasteiger charge is -2.20. The van der Waals surface area contributed by atoms with Gasteiger partial charge in [0, 0.05) is 12.3 Å². The fourth-order valence-corrected chi connectivity index (χ4v) is 2.21. The number of H-pyrrole nitrogens is 1. The Morgan fingerprint density at radius 3 is 2.84 bits per heavy atom. The van der Waals surface area contributed by atoms with Crippen molar-refractivity contribution in [3.8, 4) is 0 Å². The maximum atomic E-state index is 11.6. The van der Waals surface area contributed by atoms with E-state index in [4.69, 9.17) is 19.3 Å². The Kier molecular flexibility index (Phi) is 4.02. The third-order valence-corrected chi connectivity index (χ3v) is 3.15. The Morgan fingerprint density at radius 1 is 1.47 bits per heavy atom. The summed E-state index contributed by atoms with van der Waals surface area (Å²) in [7, 11) is -4.28. The number of ether oxygens (including phenoxy) is 2. The molecule has 1 aliphatic heterocycles. The fraction of sp³-hybridized carbons (Fsp3) is 0.556. The van der Waals surface area contributed by atoms with Crippen LogP contribution in [0.1, 0.15) is 6.04 Å². The minimum atomic E-state index is -4.28. The van der Waals surface area contributed by atoms with Crippen molar-refractivity contribution in [3.63, 3.8) is 0 Å². The normalized spacial score (nSPS) is 23.7. The monoisotopic (exact) mass is 292 g/mol. The van der Waals surface area contributed by atoms with Gasteiger partial charge in [0.05, 0.1) is 19.3 Å². The largest absolute Gasteiger partial charge is 0.376 e. The standard InChI is InChI=1S/C9H13N2O7P/c12-8-1-2-11(9(13)10-8)6-3-17-4-7(6)18-5-19(14,15)16/h1-2,6-7H,3-5H2,(H,10,12,13)(H2,14,15,16)/t6-,7?/m1/s1. The van der Waals surface area contributed by atoms with E-state index in [-0.39, 0.29) is 13.2 Å². The van der Waals surface area contributed by atoms with Crippen molar-refractivity contribution in [2.75, 3.05) is 19.6 Å². The van der Waals surface area contributed by atoms with Gasteiger partial charge >= 0.3 is 13.3 Å². The molecule has 2 atom stereocenters. The van der Waals surface area contributed by atoms with Gasteiger partial charge in [-0.1, -0.05) is 0 Å². The van der Waals surface area contributed by atoms with Gasteiger partial charge in [-0.25, -0.2) is 4.79 Å². The zero-order valence-corrected chi connectivity index (χ0v) is 10.7. The van der Waals surface area contributed by atoms with Crippen molar-refractivity contribution >= 4 is 7.60 Å². The second kappa shape index (κ2) is 5.40. The van der Waals surface area contributed by atoms with Crippen LogP contribution in [0.25, 0.3) is 0 Å². The van der Waals surface area contributed by atoms with Crippen LogP contribution in [0.2, 0.25) is 0 Å². The summed E-state index contributed by atoms with van der Waals surface area (Å²) in [6, 6.07) is 0.649. The molecule has 19 heavy (non-hydrogen) atoms. The van der Waals surface area contributed by atoms with E-state index >= 15 is 0 Å². The molecule has 0 spiro atoms. The van der Waals surface area contributed by atoms with Gasteiger partial charge in [0.25, 0.3) is 5.56 Å². The summed E-state index contributed by atoms with van der Waals surface area (Å²) in [4.78, 5) is 42.2. The fourth-order valence-electron chi connectivity index (χ4n) is 1.82. The maximum Gasteiger partial charge on any atom is 0.350 e. The van der Waals surface area contributed by atoms with Crippen LogP contribution in [0.5, 0.6) is 0 Å². The highest BCUT2D eigenvalue weighted by atomic mass is 31.2. The summed E-state index contributed by atoms with van der Waals surface area (Å²) >= 11 is 0. The summed E-state index contributed by atoms with van der Waals surface area (Å²) in [6.45, 7) is 0.286. The topological polar surface area (TPSA) is 131 Å².